The van der Waals surface area contributed by atoms with Crippen LogP contribution < -0.4 is 5.32 Å². The molecule has 1 aliphatic rings. The second kappa shape index (κ2) is 4.24. The van der Waals surface area contributed by atoms with Gasteiger partial charge in [0.05, 0.1) is 11.6 Å². The molecule has 4 nitrogen and oxygen atoms in total. The van der Waals surface area contributed by atoms with E-state index in [2.05, 4.69) is 22.2 Å². The largest absolute Gasteiger partial charge is 0.373 e. The lowest BCUT2D eigenvalue weighted by Crippen LogP contribution is -2.39. The molecule has 1 N–H and O–H groups in total. The number of nitrogens with one attached hydrogen (secondary N) is 1. The molecular weight excluding hydrogens is 190 g/mol. The van der Waals surface area contributed by atoms with Crippen LogP contribution in [0.4, 0.5) is 0 Å². The van der Waals surface area contributed by atoms with E-state index < -0.39 is 0 Å². The van der Waals surface area contributed by atoms with E-state index in [0.29, 0.717) is 0 Å². The Balaban J connectivity index is 2.24. The molecule has 0 bridgehead atoms. The molecule has 1 fully saturated rings. The minimum Gasteiger partial charge on any atom is -0.373 e. The van der Waals surface area contributed by atoms with E-state index in [-0.39, 0.29) is 11.6 Å². The van der Waals surface area contributed by atoms with E-state index in [1.165, 1.54) is 0 Å². The van der Waals surface area contributed by atoms with Crippen molar-refractivity contribution in [2.24, 2.45) is 0 Å². The number of rotatable bonds is 3. The second-order valence-corrected chi connectivity index (χ2v) is 4.16. The molecule has 1 aliphatic heterocycles. The van der Waals surface area contributed by atoms with Gasteiger partial charge in [0.2, 0.25) is 0 Å². The summed E-state index contributed by atoms with van der Waals surface area (Å²) in [7, 11) is 1.95. The summed E-state index contributed by atoms with van der Waals surface area (Å²) >= 11 is 0. The van der Waals surface area contributed by atoms with E-state index in [0.717, 1.165) is 25.0 Å². The molecule has 2 atom stereocenters. The molecule has 0 aliphatic carbocycles. The zero-order chi connectivity index (χ0) is 10.7. The lowest BCUT2D eigenvalue weighted by Gasteiger charge is -2.32. The SMILES string of the molecule is CNC(c1cncnc1)C1(C)CCCO1. The predicted octanol–water partition coefficient (Wildman–Crippen LogP) is 1.31. The van der Waals surface area contributed by atoms with Crippen molar-refractivity contribution in [3.05, 3.63) is 24.3 Å². The van der Waals surface area contributed by atoms with Crippen molar-refractivity contribution >= 4 is 0 Å². The van der Waals surface area contributed by atoms with E-state index in [1.807, 2.05) is 19.4 Å². The Morgan fingerprint density at radius 3 is 2.73 bits per heavy atom. The van der Waals surface area contributed by atoms with Crippen LogP contribution in [-0.4, -0.2) is 29.2 Å². The summed E-state index contributed by atoms with van der Waals surface area (Å²) in [6.45, 7) is 3.00. The summed E-state index contributed by atoms with van der Waals surface area (Å²) in [4.78, 5) is 8.10. The molecule has 2 unspecified atom stereocenters. The van der Waals surface area contributed by atoms with Gasteiger partial charge in [-0.1, -0.05) is 0 Å². The van der Waals surface area contributed by atoms with Crippen LogP contribution in [0.3, 0.4) is 0 Å². The molecule has 0 radical (unpaired) electrons. The number of likely N-dealkylation sites (N-methyl/N-ethyl adjacent to an activating group) is 1. The fraction of sp³-hybridized carbons (Fsp3) is 0.636. The minimum absolute atomic E-state index is 0.126. The second-order valence-electron chi connectivity index (χ2n) is 4.16. The lowest BCUT2D eigenvalue weighted by atomic mass is 9.89. The van der Waals surface area contributed by atoms with Crippen molar-refractivity contribution in [2.75, 3.05) is 13.7 Å². The summed E-state index contributed by atoms with van der Waals surface area (Å²) < 4.78 is 5.83. The maximum Gasteiger partial charge on any atom is 0.115 e. The Morgan fingerprint density at radius 2 is 2.20 bits per heavy atom. The summed E-state index contributed by atoms with van der Waals surface area (Å²) in [5, 5.41) is 3.30. The normalized spacial score (nSPS) is 27.9. The molecule has 82 valence electrons. The van der Waals surface area contributed by atoms with Gasteiger partial charge in [-0.2, -0.15) is 0 Å². The highest BCUT2D eigenvalue weighted by Crippen LogP contribution is 2.36. The molecule has 0 saturated carbocycles. The van der Waals surface area contributed by atoms with Crippen LogP contribution in [0.1, 0.15) is 31.4 Å². The highest BCUT2D eigenvalue weighted by molar-refractivity contribution is 5.15. The molecule has 15 heavy (non-hydrogen) atoms. The molecule has 1 aromatic heterocycles. The van der Waals surface area contributed by atoms with E-state index >= 15 is 0 Å². The Morgan fingerprint density at radius 1 is 1.47 bits per heavy atom. The zero-order valence-electron chi connectivity index (χ0n) is 9.23. The van der Waals surface area contributed by atoms with Crippen molar-refractivity contribution in [3.8, 4) is 0 Å². The summed E-state index contributed by atoms with van der Waals surface area (Å²) in [6.07, 6.45) is 7.45. The van der Waals surface area contributed by atoms with Gasteiger partial charge in [-0.3, -0.25) is 0 Å². The van der Waals surface area contributed by atoms with Crippen LogP contribution in [0.5, 0.6) is 0 Å². The average molecular weight is 207 g/mol. The fourth-order valence-electron chi connectivity index (χ4n) is 2.31. The number of aromatic nitrogens is 2. The van der Waals surface area contributed by atoms with Crippen LogP contribution in [0.15, 0.2) is 18.7 Å². The van der Waals surface area contributed by atoms with E-state index in [4.69, 9.17) is 4.74 Å². The van der Waals surface area contributed by atoms with Crippen molar-refractivity contribution < 1.29 is 4.74 Å². The lowest BCUT2D eigenvalue weighted by molar-refractivity contribution is -0.0106. The smallest absolute Gasteiger partial charge is 0.115 e. The first-order valence-corrected chi connectivity index (χ1v) is 5.32. The summed E-state index contributed by atoms with van der Waals surface area (Å²) in [5.41, 5.74) is 0.962. The fourth-order valence-corrected chi connectivity index (χ4v) is 2.31. The maximum absolute atomic E-state index is 5.83. The minimum atomic E-state index is -0.126. The third kappa shape index (κ3) is 2.01. The maximum atomic E-state index is 5.83. The van der Waals surface area contributed by atoms with Gasteiger partial charge in [0.1, 0.15) is 6.33 Å². The molecule has 4 heteroatoms. The predicted molar refractivity (Wildman–Crippen MR) is 57.4 cm³/mol. The molecular formula is C11H17N3O. The van der Waals surface area contributed by atoms with Gasteiger partial charge < -0.3 is 10.1 Å². The highest BCUT2D eigenvalue weighted by Gasteiger charge is 2.38. The van der Waals surface area contributed by atoms with Gasteiger partial charge in [0.15, 0.2) is 0 Å². The van der Waals surface area contributed by atoms with Crippen LogP contribution >= 0.6 is 0 Å². The topological polar surface area (TPSA) is 47.0 Å². The number of hydrogen-bond acceptors (Lipinski definition) is 4. The monoisotopic (exact) mass is 207 g/mol. The van der Waals surface area contributed by atoms with Crippen molar-refractivity contribution in [1.82, 2.24) is 15.3 Å². The molecule has 2 heterocycles. The number of hydrogen-bond donors (Lipinski definition) is 1. The van der Waals surface area contributed by atoms with Crippen LogP contribution in [0.2, 0.25) is 0 Å². The van der Waals surface area contributed by atoms with Crippen LogP contribution in [0, 0.1) is 0 Å². The first-order valence-electron chi connectivity index (χ1n) is 5.32. The Labute approximate surface area is 90.1 Å². The van der Waals surface area contributed by atoms with E-state index in [1.54, 1.807) is 6.33 Å². The van der Waals surface area contributed by atoms with Gasteiger partial charge in [-0.25, -0.2) is 9.97 Å². The van der Waals surface area contributed by atoms with Crippen molar-refractivity contribution in [2.45, 2.75) is 31.4 Å². The molecule has 0 aromatic carbocycles. The van der Waals surface area contributed by atoms with Gasteiger partial charge in [-0.05, 0) is 26.8 Å². The molecule has 2 rings (SSSR count). The Hall–Kier alpha value is -1.00. The molecule has 0 spiro atoms. The summed E-state index contributed by atoms with van der Waals surface area (Å²) in [5.74, 6) is 0. The summed E-state index contributed by atoms with van der Waals surface area (Å²) in [6, 6.07) is 0.168. The van der Waals surface area contributed by atoms with Gasteiger partial charge in [0.25, 0.3) is 0 Å². The number of ether oxygens (including phenoxy) is 1. The van der Waals surface area contributed by atoms with Crippen molar-refractivity contribution in [1.29, 1.82) is 0 Å². The quantitative estimate of drug-likeness (QED) is 0.811. The van der Waals surface area contributed by atoms with Crippen LogP contribution in [-0.2, 0) is 4.74 Å². The zero-order valence-corrected chi connectivity index (χ0v) is 9.23. The standard InChI is InChI=1S/C11H17N3O/c1-11(4-3-5-15-11)10(12-2)9-6-13-8-14-7-9/h6-8,10,12H,3-5H2,1-2H3. The van der Waals surface area contributed by atoms with E-state index in [9.17, 15) is 0 Å². The Bertz CT molecular complexity index is 309. The van der Waals surface area contributed by atoms with Gasteiger partial charge in [-0.15, -0.1) is 0 Å². The van der Waals surface area contributed by atoms with Gasteiger partial charge >= 0.3 is 0 Å². The first-order chi connectivity index (χ1) is 7.26. The Kier molecular flexibility index (Phi) is 2.98. The third-order valence-corrected chi connectivity index (χ3v) is 3.06. The molecule has 1 saturated heterocycles. The average Bonchev–Trinajstić information content (AvgIpc) is 2.68. The van der Waals surface area contributed by atoms with Gasteiger partial charge in [0, 0.05) is 24.6 Å². The number of nitrogens with zero attached hydrogens (tertiary/aromatic N) is 2. The first kappa shape index (κ1) is 10.5. The van der Waals surface area contributed by atoms with Crippen LogP contribution in [0.25, 0.3) is 0 Å². The molecule has 0 amide bonds. The highest BCUT2D eigenvalue weighted by atomic mass is 16.5. The molecule has 1 aromatic rings. The van der Waals surface area contributed by atoms with Crippen molar-refractivity contribution in [3.63, 3.8) is 0 Å². The third-order valence-electron chi connectivity index (χ3n) is 3.06.